The first-order chi connectivity index (χ1) is 12.2. The molecule has 3 rings (SSSR count). The Morgan fingerprint density at radius 2 is 2.20 bits per heavy atom. The third kappa shape index (κ3) is 5.90. The summed E-state index contributed by atoms with van der Waals surface area (Å²) in [6, 6.07) is 6.45. The van der Waals surface area contributed by atoms with Crippen LogP contribution in [-0.4, -0.2) is 30.5 Å². The van der Waals surface area contributed by atoms with Gasteiger partial charge in [-0.05, 0) is 56.0 Å². The van der Waals surface area contributed by atoms with Crippen LogP contribution < -0.4 is 10.6 Å². The second-order valence-electron chi connectivity index (χ2n) is 6.56. The summed E-state index contributed by atoms with van der Waals surface area (Å²) in [6.45, 7) is 2.92. The van der Waals surface area contributed by atoms with Crippen LogP contribution >= 0.6 is 11.3 Å². The average Bonchev–Trinajstić information content (AvgIpc) is 3.05. The number of nitrogens with zero attached hydrogens (tertiary/aromatic N) is 1. The molecule has 0 aliphatic carbocycles. The summed E-state index contributed by atoms with van der Waals surface area (Å²) < 4.78 is 12.9. The third-order valence-electron chi connectivity index (χ3n) is 4.48. The fourth-order valence-electron chi connectivity index (χ4n) is 3.10. The van der Waals surface area contributed by atoms with Gasteiger partial charge >= 0.3 is 0 Å². The lowest BCUT2D eigenvalue weighted by atomic mass is 9.96. The summed E-state index contributed by atoms with van der Waals surface area (Å²) in [5, 5.41) is 9.28. The van der Waals surface area contributed by atoms with Gasteiger partial charge in [-0.25, -0.2) is 9.37 Å². The molecule has 2 N–H and O–H groups in total. The molecule has 1 unspecified atom stereocenters. The Morgan fingerprint density at radius 3 is 2.96 bits per heavy atom. The van der Waals surface area contributed by atoms with Crippen LogP contribution in [0.15, 0.2) is 29.6 Å². The molecule has 2 aromatic rings. The molecular weight excluding hydrogens is 337 g/mol. The van der Waals surface area contributed by atoms with Gasteiger partial charge in [0.1, 0.15) is 5.82 Å². The van der Waals surface area contributed by atoms with Gasteiger partial charge in [-0.1, -0.05) is 12.1 Å². The highest BCUT2D eigenvalue weighted by molar-refractivity contribution is 7.09. The van der Waals surface area contributed by atoms with Crippen LogP contribution in [0, 0.1) is 11.7 Å². The van der Waals surface area contributed by atoms with Crippen molar-refractivity contribution in [1.82, 2.24) is 15.6 Å². The molecule has 6 heteroatoms. The van der Waals surface area contributed by atoms with Crippen molar-refractivity contribution >= 4 is 17.2 Å². The van der Waals surface area contributed by atoms with Crippen molar-refractivity contribution in [3.8, 4) is 0 Å². The monoisotopic (exact) mass is 361 g/mol. The zero-order valence-electron chi connectivity index (χ0n) is 14.3. The summed E-state index contributed by atoms with van der Waals surface area (Å²) in [7, 11) is 0. The molecule has 1 aliphatic heterocycles. The molecule has 1 fully saturated rings. The van der Waals surface area contributed by atoms with E-state index in [-0.39, 0.29) is 11.7 Å². The molecule has 1 aliphatic rings. The number of amides is 1. The summed E-state index contributed by atoms with van der Waals surface area (Å²) in [4.78, 5) is 16.6. The van der Waals surface area contributed by atoms with E-state index in [0.29, 0.717) is 18.8 Å². The second kappa shape index (κ2) is 9.06. The highest BCUT2D eigenvalue weighted by atomic mass is 32.1. The fourth-order valence-corrected chi connectivity index (χ4v) is 3.93. The lowest BCUT2D eigenvalue weighted by Crippen LogP contribution is -2.33. The van der Waals surface area contributed by atoms with E-state index in [4.69, 9.17) is 0 Å². The number of carbonyl (C=O) groups excluding carboxylic acids is 1. The SMILES string of the molecule is O=C(Cc1csc(Cc2ccc(F)cc2)n1)NCCC1CCCNC1. The first kappa shape index (κ1) is 18.0. The Bertz CT molecular complexity index is 680. The first-order valence-corrected chi connectivity index (χ1v) is 9.72. The molecule has 25 heavy (non-hydrogen) atoms. The van der Waals surface area contributed by atoms with E-state index in [9.17, 15) is 9.18 Å². The summed E-state index contributed by atoms with van der Waals surface area (Å²) in [5.74, 6) is 0.474. The Hall–Kier alpha value is -1.79. The Labute approximate surface area is 151 Å². The molecule has 4 nitrogen and oxygen atoms in total. The largest absolute Gasteiger partial charge is 0.356 e. The van der Waals surface area contributed by atoms with Crippen LogP contribution in [0.1, 0.15) is 35.5 Å². The number of hydrogen-bond donors (Lipinski definition) is 2. The van der Waals surface area contributed by atoms with Gasteiger partial charge in [0.25, 0.3) is 0 Å². The minimum atomic E-state index is -0.232. The molecule has 1 atom stereocenters. The van der Waals surface area contributed by atoms with E-state index in [2.05, 4.69) is 15.6 Å². The van der Waals surface area contributed by atoms with E-state index in [1.807, 2.05) is 5.38 Å². The van der Waals surface area contributed by atoms with Crippen molar-refractivity contribution in [3.05, 3.63) is 51.7 Å². The van der Waals surface area contributed by atoms with Gasteiger partial charge in [0.05, 0.1) is 17.1 Å². The molecule has 134 valence electrons. The molecule has 1 aromatic heterocycles. The summed E-state index contributed by atoms with van der Waals surface area (Å²) in [5.41, 5.74) is 1.83. The number of halogens is 1. The van der Waals surface area contributed by atoms with Crippen molar-refractivity contribution in [3.63, 3.8) is 0 Å². The Balaban J connectivity index is 1.41. The maximum absolute atomic E-state index is 12.9. The maximum Gasteiger partial charge on any atom is 0.226 e. The van der Waals surface area contributed by atoms with Crippen LogP contribution in [-0.2, 0) is 17.6 Å². The number of aromatic nitrogens is 1. The number of piperidine rings is 1. The molecule has 0 bridgehead atoms. The number of carbonyl (C=O) groups is 1. The molecule has 0 spiro atoms. The maximum atomic E-state index is 12.9. The number of benzene rings is 1. The number of hydrogen-bond acceptors (Lipinski definition) is 4. The highest BCUT2D eigenvalue weighted by Crippen LogP contribution is 2.16. The number of thiazole rings is 1. The normalized spacial score (nSPS) is 17.4. The minimum Gasteiger partial charge on any atom is -0.356 e. The first-order valence-electron chi connectivity index (χ1n) is 8.84. The van der Waals surface area contributed by atoms with E-state index < -0.39 is 0 Å². The van der Waals surface area contributed by atoms with Crippen molar-refractivity contribution in [2.75, 3.05) is 19.6 Å². The summed E-state index contributed by atoms with van der Waals surface area (Å²) in [6.07, 6.45) is 4.51. The zero-order chi connectivity index (χ0) is 17.5. The Kier molecular flexibility index (Phi) is 6.53. The molecule has 0 radical (unpaired) electrons. The van der Waals surface area contributed by atoms with E-state index in [1.165, 1.54) is 25.0 Å². The van der Waals surface area contributed by atoms with Crippen LogP contribution in [0.25, 0.3) is 0 Å². The number of rotatable bonds is 7. The molecule has 1 aromatic carbocycles. The van der Waals surface area contributed by atoms with Crippen LogP contribution in [0.5, 0.6) is 0 Å². The quantitative estimate of drug-likeness (QED) is 0.797. The topological polar surface area (TPSA) is 54.0 Å². The van der Waals surface area contributed by atoms with Crippen molar-refractivity contribution in [2.45, 2.75) is 32.1 Å². The van der Waals surface area contributed by atoms with Crippen LogP contribution in [0.2, 0.25) is 0 Å². The smallest absolute Gasteiger partial charge is 0.226 e. The highest BCUT2D eigenvalue weighted by Gasteiger charge is 2.13. The van der Waals surface area contributed by atoms with Crippen molar-refractivity contribution in [2.24, 2.45) is 5.92 Å². The van der Waals surface area contributed by atoms with Gasteiger partial charge in [0, 0.05) is 18.3 Å². The third-order valence-corrected chi connectivity index (χ3v) is 5.38. The average molecular weight is 361 g/mol. The number of nitrogens with one attached hydrogen (secondary N) is 2. The van der Waals surface area contributed by atoms with E-state index in [0.717, 1.165) is 42.3 Å². The van der Waals surface area contributed by atoms with Gasteiger partial charge in [0.15, 0.2) is 0 Å². The molecule has 1 saturated heterocycles. The molecular formula is C19H24FN3OS. The summed E-state index contributed by atoms with van der Waals surface area (Å²) >= 11 is 1.54. The standard InChI is InChI=1S/C19H24FN3OS/c20-16-5-3-14(4-6-16)10-19-23-17(13-25-19)11-18(24)22-9-7-15-2-1-8-21-12-15/h3-6,13,15,21H,1-2,7-12H2,(H,22,24). The Morgan fingerprint density at radius 1 is 1.36 bits per heavy atom. The predicted molar refractivity (Wildman–Crippen MR) is 98.2 cm³/mol. The van der Waals surface area contributed by atoms with Gasteiger partial charge < -0.3 is 10.6 Å². The molecule has 2 heterocycles. The minimum absolute atomic E-state index is 0.0300. The zero-order valence-corrected chi connectivity index (χ0v) is 15.1. The lowest BCUT2D eigenvalue weighted by molar-refractivity contribution is -0.120. The van der Waals surface area contributed by atoms with Crippen molar-refractivity contribution in [1.29, 1.82) is 0 Å². The molecule has 0 saturated carbocycles. The lowest BCUT2D eigenvalue weighted by Gasteiger charge is -2.22. The van der Waals surface area contributed by atoms with Gasteiger partial charge in [-0.3, -0.25) is 4.79 Å². The second-order valence-corrected chi connectivity index (χ2v) is 7.51. The molecule has 1 amide bonds. The van der Waals surface area contributed by atoms with E-state index >= 15 is 0 Å². The fraction of sp³-hybridized carbons (Fsp3) is 0.474. The predicted octanol–water partition coefficient (Wildman–Crippen LogP) is 2.92. The van der Waals surface area contributed by atoms with Gasteiger partial charge in [0.2, 0.25) is 5.91 Å². The van der Waals surface area contributed by atoms with E-state index in [1.54, 1.807) is 23.5 Å². The van der Waals surface area contributed by atoms with Gasteiger partial charge in [-0.2, -0.15) is 0 Å². The van der Waals surface area contributed by atoms with Gasteiger partial charge in [-0.15, -0.1) is 11.3 Å². The van der Waals surface area contributed by atoms with Crippen LogP contribution in [0.4, 0.5) is 4.39 Å². The van der Waals surface area contributed by atoms with Crippen molar-refractivity contribution < 1.29 is 9.18 Å². The van der Waals surface area contributed by atoms with Crippen LogP contribution in [0.3, 0.4) is 0 Å².